The second kappa shape index (κ2) is 59.1. The van der Waals surface area contributed by atoms with E-state index in [0.29, 0.717) is 19.4 Å². The summed E-state index contributed by atoms with van der Waals surface area (Å²) in [6.07, 6.45) is 67.7. The van der Waals surface area contributed by atoms with Gasteiger partial charge in [-0.2, -0.15) is 0 Å². The van der Waals surface area contributed by atoms with E-state index < -0.39 is 49.5 Å². The van der Waals surface area contributed by atoms with Crippen LogP contribution < -0.4 is 5.32 Å². The number of hydrogen-bond donors (Lipinski definition) is 6. The molecule has 0 aromatic rings. The molecule has 81 heavy (non-hydrogen) atoms. The number of carbonyl (C=O) groups is 2. The van der Waals surface area contributed by atoms with E-state index in [1.165, 1.54) is 212 Å². The lowest BCUT2D eigenvalue weighted by atomic mass is 9.99. The number of amides is 1. The van der Waals surface area contributed by atoms with Crippen molar-refractivity contribution in [2.24, 2.45) is 0 Å². The maximum atomic E-state index is 13.1. The third-order valence-electron chi connectivity index (χ3n) is 15.8. The van der Waals surface area contributed by atoms with Crippen molar-refractivity contribution in [1.82, 2.24) is 5.32 Å². The average Bonchev–Trinajstić information content (AvgIpc) is 3.50. The van der Waals surface area contributed by atoms with Gasteiger partial charge in [0.25, 0.3) is 0 Å². The molecular weight excluding hydrogens is 1010 g/mol. The Hall–Kier alpha value is -2.64. The fourth-order valence-corrected chi connectivity index (χ4v) is 10.4. The van der Waals surface area contributed by atoms with Gasteiger partial charge in [-0.1, -0.05) is 254 Å². The number of carbonyl (C=O) groups excluding carboxylic acids is 2. The Morgan fingerprint density at radius 1 is 0.444 bits per heavy atom. The molecule has 1 heterocycles. The molecular formula is C70H127NO10. The number of allylic oxidation sites excluding steroid dienone is 9. The highest BCUT2D eigenvalue weighted by molar-refractivity contribution is 5.76. The summed E-state index contributed by atoms with van der Waals surface area (Å²) in [6.45, 7) is 4.28. The Balaban J connectivity index is 2.02. The van der Waals surface area contributed by atoms with Crippen molar-refractivity contribution in [1.29, 1.82) is 0 Å². The van der Waals surface area contributed by atoms with Gasteiger partial charge in [-0.3, -0.25) is 9.59 Å². The number of aliphatic hydroxyl groups is 5. The van der Waals surface area contributed by atoms with Crippen LogP contribution in [0.1, 0.15) is 309 Å². The van der Waals surface area contributed by atoms with Crippen LogP contribution in [-0.4, -0.2) is 100 Å². The number of esters is 1. The van der Waals surface area contributed by atoms with Crippen molar-refractivity contribution in [2.45, 2.75) is 352 Å². The highest BCUT2D eigenvalue weighted by atomic mass is 16.7. The van der Waals surface area contributed by atoms with Crippen molar-refractivity contribution >= 4 is 11.9 Å². The molecule has 472 valence electrons. The van der Waals surface area contributed by atoms with Gasteiger partial charge in [-0.25, -0.2) is 0 Å². The Kier molecular flexibility index (Phi) is 55.7. The second-order valence-corrected chi connectivity index (χ2v) is 23.5. The van der Waals surface area contributed by atoms with Crippen molar-refractivity contribution in [3.05, 3.63) is 60.8 Å². The summed E-state index contributed by atoms with van der Waals surface area (Å²) in [7, 11) is 0. The number of rotatable bonds is 59. The van der Waals surface area contributed by atoms with E-state index in [0.717, 1.165) is 70.6 Å². The predicted molar refractivity (Wildman–Crippen MR) is 338 cm³/mol. The molecule has 0 radical (unpaired) electrons. The first-order chi connectivity index (χ1) is 39.7. The second-order valence-electron chi connectivity index (χ2n) is 23.5. The van der Waals surface area contributed by atoms with Crippen molar-refractivity contribution in [3.8, 4) is 0 Å². The summed E-state index contributed by atoms with van der Waals surface area (Å²) in [6, 6.07) is -0.836. The molecule has 1 rings (SSSR count). The van der Waals surface area contributed by atoms with Gasteiger partial charge in [0.05, 0.1) is 32.0 Å². The molecule has 1 fully saturated rings. The molecule has 7 atom stereocenters. The van der Waals surface area contributed by atoms with Crippen LogP contribution in [0.2, 0.25) is 0 Å². The molecule has 1 amide bonds. The highest BCUT2D eigenvalue weighted by Crippen LogP contribution is 2.23. The van der Waals surface area contributed by atoms with Gasteiger partial charge < -0.3 is 45.1 Å². The van der Waals surface area contributed by atoms with E-state index in [2.05, 4.69) is 67.8 Å². The molecule has 0 aromatic heterocycles. The SMILES string of the molecule is CCCC/C=C\CCCCCCCC(=O)OCCCCCCCCCCCCCC/C=C\CCCCCCCCCCCCCCC(=O)NC(COC1OC(CO)C(O)C(O)C1O)C(O)/C=C/CC/C=C/CC/C=C/CCCCCC. The number of hydrogen-bond acceptors (Lipinski definition) is 10. The van der Waals surface area contributed by atoms with Gasteiger partial charge in [0, 0.05) is 12.8 Å². The Morgan fingerprint density at radius 3 is 1.26 bits per heavy atom. The van der Waals surface area contributed by atoms with E-state index in [1.807, 2.05) is 6.08 Å². The zero-order chi connectivity index (χ0) is 58.7. The van der Waals surface area contributed by atoms with E-state index in [-0.39, 0.29) is 18.5 Å². The van der Waals surface area contributed by atoms with Crippen LogP contribution in [0, 0.1) is 0 Å². The Morgan fingerprint density at radius 2 is 0.815 bits per heavy atom. The third-order valence-corrected chi connectivity index (χ3v) is 15.8. The average molecular weight is 1140 g/mol. The summed E-state index contributed by atoms with van der Waals surface area (Å²) in [5.41, 5.74) is 0. The molecule has 0 saturated carbocycles. The van der Waals surface area contributed by atoms with E-state index in [4.69, 9.17) is 14.2 Å². The molecule has 0 aliphatic carbocycles. The van der Waals surface area contributed by atoms with Gasteiger partial charge in [-0.05, 0) is 103 Å². The van der Waals surface area contributed by atoms with Gasteiger partial charge in [0.2, 0.25) is 5.91 Å². The first-order valence-electron chi connectivity index (χ1n) is 34.1. The van der Waals surface area contributed by atoms with Crippen molar-refractivity contribution < 1.29 is 49.3 Å². The summed E-state index contributed by atoms with van der Waals surface area (Å²) in [5, 5.41) is 54.5. The van der Waals surface area contributed by atoms with Crippen LogP contribution in [0.15, 0.2) is 60.8 Å². The van der Waals surface area contributed by atoms with Gasteiger partial charge in [0.1, 0.15) is 24.4 Å². The minimum Gasteiger partial charge on any atom is -0.466 e. The molecule has 0 spiro atoms. The predicted octanol–water partition coefficient (Wildman–Crippen LogP) is 17.0. The highest BCUT2D eigenvalue weighted by Gasteiger charge is 2.44. The quantitative estimate of drug-likeness (QED) is 0.0195. The smallest absolute Gasteiger partial charge is 0.305 e. The van der Waals surface area contributed by atoms with Gasteiger partial charge in [0.15, 0.2) is 6.29 Å². The zero-order valence-electron chi connectivity index (χ0n) is 52.2. The summed E-state index contributed by atoms with van der Waals surface area (Å²) in [5.74, 6) is -0.202. The zero-order valence-corrected chi connectivity index (χ0v) is 52.2. The lowest BCUT2D eigenvalue weighted by Crippen LogP contribution is -2.60. The van der Waals surface area contributed by atoms with Crippen LogP contribution in [0.4, 0.5) is 0 Å². The molecule has 6 N–H and O–H groups in total. The largest absolute Gasteiger partial charge is 0.466 e. The molecule has 1 aliphatic rings. The minimum absolute atomic E-state index is 0.00529. The van der Waals surface area contributed by atoms with Crippen LogP contribution in [-0.2, 0) is 23.8 Å². The van der Waals surface area contributed by atoms with Crippen LogP contribution in [0.3, 0.4) is 0 Å². The first kappa shape index (κ1) is 76.4. The van der Waals surface area contributed by atoms with Crippen molar-refractivity contribution in [2.75, 3.05) is 19.8 Å². The number of unbranched alkanes of at least 4 members (excludes halogenated alkanes) is 37. The molecule has 0 bridgehead atoms. The van der Waals surface area contributed by atoms with E-state index in [1.54, 1.807) is 6.08 Å². The topological polar surface area (TPSA) is 175 Å². The third kappa shape index (κ3) is 48.3. The lowest BCUT2D eigenvalue weighted by Gasteiger charge is -2.40. The Labute approximate surface area is 497 Å². The maximum absolute atomic E-state index is 13.1. The van der Waals surface area contributed by atoms with Crippen molar-refractivity contribution in [3.63, 3.8) is 0 Å². The molecule has 11 nitrogen and oxygen atoms in total. The van der Waals surface area contributed by atoms with Gasteiger partial charge in [-0.15, -0.1) is 0 Å². The normalized spacial score (nSPS) is 18.6. The standard InChI is InChI=1S/C70H127NO10/c1-3-5-7-9-11-13-15-16-33-37-40-44-48-52-56-63(73)62(61-80-70-69(78)68(77)67(76)64(60-72)81-70)71-65(74)57-53-49-45-41-38-34-31-29-27-25-23-21-19-17-18-20-22-24-26-28-30-32-35-39-43-47-51-55-59-79-66(75)58-54-50-46-42-36-14-12-10-8-6-4-2/h10,12-13,15,17-18,37,40,52,56,62-64,67-70,72-73,76-78H,3-9,11,14,16,19-36,38-39,41-51,53-55,57-61H2,1-2H3,(H,71,74)/b12-10-,15-13+,18-17-,40-37+,56-52+. The summed E-state index contributed by atoms with van der Waals surface area (Å²) < 4.78 is 16.7. The molecule has 1 saturated heterocycles. The number of ether oxygens (including phenoxy) is 3. The van der Waals surface area contributed by atoms with Gasteiger partial charge >= 0.3 is 5.97 Å². The minimum atomic E-state index is -1.58. The molecule has 7 unspecified atom stereocenters. The molecule has 0 aromatic carbocycles. The summed E-state index contributed by atoms with van der Waals surface area (Å²) >= 11 is 0. The van der Waals surface area contributed by atoms with Crippen LogP contribution >= 0.6 is 0 Å². The van der Waals surface area contributed by atoms with E-state index in [9.17, 15) is 35.1 Å². The lowest BCUT2D eigenvalue weighted by molar-refractivity contribution is -0.302. The monoisotopic (exact) mass is 1140 g/mol. The van der Waals surface area contributed by atoms with Crippen LogP contribution in [0.25, 0.3) is 0 Å². The molecule has 1 aliphatic heterocycles. The first-order valence-corrected chi connectivity index (χ1v) is 34.1. The fraction of sp³-hybridized carbons (Fsp3) is 0.829. The Bertz CT molecular complexity index is 1530. The number of nitrogens with one attached hydrogen (secondary N) is 1. The summed E-state index contributed by atoms with van der Waals surface area (Å²) in [4.78, 5) is 25.1. The number of aliphatic hydroxyl groups excluding tert-OH is 5. The van der Waals surface area contributed by atoms with Crippen LogP contribution in [0.5, 0.6) is 0 Å². The fourth-order valence-electron chi connectivity index (χ4n) is 10.4. The maximum Gasteiger partial charge on any atom is 0.305 e. The molecule has 11 heteroatoms. The van der Waals surface area contributed by atoms with E-state index >= 15 is 0 Å².